The lowest BCUT2D eigenvalue weighted by Gasteiger charge is -2.30. The number of rotatable bonds is 7. The number of aryl methyl sites for hydroxylation is 1. The molecule has 0 unspecified atom stereocenters. The van der Waals surface area contributed by atoms with Gasteiger partial charge in [0, 0.05) is 17.4 Å². The van der Waals surface area contributed by atoms with Crippen LogP contribution in [0.5, 0.6) is 0 Å². The predicted molar refractivity (Wildman–Crippen MR) is 84.5 cm³/mol. The first kappa shape index (κ1) is 18.7. The summed E-state index contributed by atoms with van der Waals surface area (Å²) in [5, 5.41) is 21.1. The van der Waals surface area contributed by atoms with E-state index in [0.29, 0.717) is 17.8 Å². The average molecular weight is 324 g/mol. The summed E-state index contributed by atoms with van der Waals surface area (Å²) >= 11 is 0. The van der Waals surface area contributed by atoms with Crippen molar-refractivity contribution in [1.29, 1.82) is 0 Å². The Kier molecular flexibility index (Phi) is 5.58. The number of carbonyl (C=O) groups excluding carboxylic acids is 1. The van der Waals surface area contributed by atoms with Crippen molar-refractivity contribution >= 4 is 17.8 Å². The highest BCUT2D eigenvalue weighted by Gasteiger charge is 2.36. The maximum Gasteiger partial charge on any atom is 0.337 e. The van der Waals surface area contributed by atoms with Crippen LogP contribution in [0.4, 0.5) is 0 Å². The van der Waals surface area contributed by atoms with E-state index in [2.05, 4.69) is 5.32 Å². The number of aliphatic carboxylic acids is 1. The predicted octanol–water partition coefficient (Wildman–Crippen LogP) is 1.81. The van der Waals surface area contributed by atoms with E-state index in [1.54, 1.807) is 32.3 Å². The van der Waals surface area contributed by atoms with Gasteiger partial charge in [-0.2, -0.15) is 0 Å². The fraction of sp³-hybridized carbons (Fsp3) is 0.562. The molecule has 0 bridgehead atoms. The Hall–Kier alpha value is -2.31. The smallest absolute Gasteiger partial charge is 0.337 e. The molecular formula is C16H24N2O5. The number of amides is 1. The minimum atomic E-state index is -1.09. The molecule has 0 fully saturated rings. The molecule has 1 amide bonds. The third kappa shape index (κ3) is 3.91. The number of aromatic carboxylic acids is 1. The molecule has 0 spiro atoms. The van der Waals surface area contributed by atoms with Crippen LogP contribution in [-0.2, 0) is 16.1 Å². The van der Waals surface area contributed by atoms with Crippen molar-refractivity contribution in [2.45, 2.75) is 53.6 Å². The third-order valence-corrected chi connectivity index (χ3v) is 4.27. The molecule has 23 heavy (non-hydrogen) atoms. The molecule has 1 aromatic heterocycles. The lowest BCUT2D eigenvalue weighted by atomic mass is 9.83. The van der Waals surface area contributed by atoms with Gasteiger partial charge in [-0.1, -0.05) is 6.92 Å². The molecular weight excluding hydrogens is 300 g/mol. The maximum atomic E-state index is 12.3. The molecule has 3 N–H and O–H groups in total. The van der Waals surface area contributed by atoms with E-state index >= 15 is 0 Å². The van der Waals surface area contributed by atoms with Crippen LogP contribution in [0.1, 0.15) is 48.9 Å². The molecule has 0 aromatic carbocycles. The number of hydrogen-bond acceptors (Lipinski definition) is 3. The molecule has 1 aromatic rings. The van der Waals surface area contributed by atoms with Gasteiger partial charge in [-0.3, -0.25) is 9.59 Å². The van der Waals surface area contributed by atoms with Gasteiger partial charge in [-0.15, -0.1) is 0 Å². The molecule has 0 aliphatic carbocycles. The van der Waals surface area contributed by atoms with Crippen molar-refractivity contribution in [3.8, 4) is 0 Å². The minimum absolute atomic E-state index is 0.0445. The van der Waals surface area contributed by atoms with Gasteiger partial charge >= 0.3 is 11.9 Å². The van der Waals surface area contributed by atoms with Gasteiger partial charge < -0.3 is 20.1 Å². The van der Waals surface area contributed by atoms with Crippen molar-refractivity contribution in [2.75, 3.05) is 0 Å². The van der Waals surface area contributed by atoms with Crippen LogP contribution < -0.4 is 5.32 Å². The Morgan fingerprint density at radius 1 is 1.26 bits per heavy atom. The van der Waals surface area contributed by atoms with E-state index in [0.717, 1.165) is 0 Å². The molecule has 1 rings (SSSR count). The van der Waals surface area contributed by atoms with Crippen LogP contribution in [0, 0.1) is 19.3 Å². The normalized spacial score (nSPS) is 12.7. The van der Waals surface area contributed by atoms with Crippen molar-refractivity contribution in [3.63, 3.8) is 0 Å². The van der Waals surface area contributed by atoms with Gasteiger partial charge in [0.2, 0.25) is 5.91 Å². The first-order chi connectivity index (χ1) is 10.5. The van der Waals surface area contributed by atoms with Crippen LogP contribution >= 0.6 is 0 Å². The van der Waals surface area contributed by atoms with E-state index in [-0.39, 0.29) is 18.0 Å². The zero-order valence-electron chi connectivity index (χ0n) is 14.1. The van der Waals surface area contributed by atoms with Crippen LogP contribution in [-0.4, -0.2) is 38.7 Å². The largest absolute Gasteiger partial charge is 0.481 e. The van der Waals surface area contributed by atoms with Crippen molar-refractivity contribution in [2.24, 2.45) is 5.41 Å². The van der Waals surface area contributed by atoms with Crippen molar-refractivity contribution in [3.05, 3.63) is 23.0 Å². The van der Waals surface area contributed by atoms with Crippen LogP contribution in [0.3, 0.4) is 0 Å². The molecule has 0 aliphatic rings. The number of carboxylic acids is 2. The number of nitrogens with zero attached hydrogens (tertiary/aromatic N) is 1. The molecule has 0 aliphatic heterocycles. The second-order valence-corrected chi connectivity index (χ2v) is 6.23. The second kappa shape index (κ2) is 6.85. The summed E-state index contributed by atoms with van der Waals surface area (Å²) in [4.78, 5) is 34.7. The Bertz CT molecular complexity index is 631. The van der Waals surface area contributed by atoms with E-state index in [4.69, 9.17) is 5.11 Å². The summed E-state index contributed by atoms with van der Waals surface area (Å²) in [6, 6.07) is 1.01. The number of carbonyl (C=O) groups is 3. The average Bonchev–Trinajstić information content (AvgIpc) is 2.72. The molecule has 1 heterocycles. The first-order valence-electron chi connectivity index (χ1n) is 7.45. The fourth-order valence-corrected chi connectivity index (χ4v) is 2.59. The second-order valence-electron chi connectivity index (χ2n) is 6.23. The SMILES string of the molecule is CC[C@H](NC(=O)Cn1c(C)cc(C(=O)O)c1C)C(C)(C)C(=O)O. The van der Waals surface area contributed by atoms with Gasteiger partial charge in [0.15, 0.2) is 0 Å². The quantitative estimate of drug-likeness (QED) is 0.709. The number of nitrogens with one attached hydrogen (secondary N) is 1. The summed E-state index contributed by atoms with van der Waals surface area (Å²) in [7, 11) is 0. The van der Waals surface area contributed by atoms with Gasteiger partial charge in [-0.05, 0) is 40.2 Å². The van der Waals surface area contributed by atoms with Crippen LogP contribution in [0.2, 0.25) is 0 Å². The topological polar surface area (TPSA) is 109 Å². The summed E-state index contributed by atoms with van der Waals surface area (Å²) < 4.78 is 1.61. The highest BCUT2D eigenvalue weighted by atomic mass is 16.4. The summed E-state index contributed by atoms with van der Waals surface area (Å²) in [5.41, 5.74) is 0.238. The zero-order chi connectivity index (χ0) is 17.9. The van der Waals surface area contributed by atoms with E-state index < -0.39 is 23.4 Å². The van der Waals surface area contributed by atoms with Crippen LogP contribution in [0.15, 0.2) is 6.07 Å². The van der Waals surface area contributed by atoms with Crippen LogP contribution in [0.25, 0.3) is 0 Å². The highest BCUT2D eigenvalue weighted by Crippen LogP contribution is 2.23. The third-order valence-electron chi connectivity index (χ3n) is 4.27. The Morgan fingerprint density at radius 3 is 2.22 bits per heavy atom. The van der Waals surface area contributed by atoms with E-state index in [1.165, 1.54) is 6.07 Å². The number of aromatic nitrogens is 1. The van der Waals surface area contributed by atoms with Gasteiger partial charge in [0.25, 0.3) is 0 Å². The molecule has 7 heteroatoms. The first-order valence-corrected chi connectivity index (χ1v) is 7.45. The number of carboxylic acid groups (broad SMARTS) is 2. The molecule has 7 nitrogen and oxygen atoms in total. The fourth-order valence-electron chi connectivity index (χ4n) is 2.59. The summed E-state index contributed by atoms with van der Waals surface area (Å²) in [6.07, 6.45) is 0.481. The Labute approximate surface area is 135 Å². The van der Waals surface area contributed by atoms with E-state index in [9.17, 15) is 19.5 Å². The molecule has 0 saturated carbocycles. The monoisotopic (exact) mass is 324 g/mol. The Morgan fingerprint density at radius 2 is 1.83 bits per heavy atom. The Balaban J connectivity index is 2.93. The van der Waals surface area contributed by atoms with E-state index in [1.807, 2.05) is 6.92 Å². The van der Waals surface area contributed by atoms with Crippen molar-refractivity contribution < 1.29 is 24.6 Å². The molecule has 0 saturated heterocycles. The molecule has 0 radical (unpaired) electrons. The lowest BCUT2D eigenvalue weighted by molar-refractivity contribution is -0.149. The van der Waals surface area contributed by atoms with Gasteiger partial charge in [0.05, 0.1) is 11.0 Å². The van der Waals surface area contributed by atoms with Gasteiger partial charge in [0.1, 0.15) is 6.54 Å². The number of hydrogen-bond donors (Lipinski definition) is 3. The summed E-state index contributed by atoms with van der Waals surface area (Å²) in [5.74, 6) is -2.36. The van der Waals surface area contributed by atoms with Gasteiger partial charge in [-0.25, -0.2) is 4.79 Å². The molecule has 1 atom stereocenters. The standard InChI is InChI=1S/C16H24N2O5/c1-6-12(16(4,5)15(22)23)17-13(19)8-18-9(2)7-11(10(18)3)14(20)21/h7,12H,6,8H2,1-5H3,(H,17,19)(H,20,21)(H,22,23)/t12-/m0/s1. The lowest BCUT2D eigenvalue weighted by Crippen LogP contribution is -2.49. The highest BCUT2D eigenvalue weighted by molar-refractivity contribution is 5.89. The summed E-state index contributed by atoms with van der Waals surface area (Å²) in [6.45, 7) is 8.27. The van der Waals surface area contributed by atoms with Crippen molar-refractivity contribution in [1.82, 2.24) is 9.88 Å². The minimum Gasteiger partial charge on any atom is -0.481 e. The molecule has 128 valence electrons. The zero-order valence-corrected chi connectivity index (χ0v) is 14.1. The maximum absolute atomic E-state index is 12.3.